The summed E-state index contributed by atoms with van der Waals surface area (Å²) in [6.07, 6.45) is -0.499. The van der Waals surface area contributed by atoms with Crippen molar-refractivity contribution in [3.8, 4) is 0 Å². The molecule has 1 atom stereocenters. The van der Waals surface area contributed by atoms with Crippen LogP contribution in [0, 0.1) is 12.8 Å². The van der Waals surface area contributed by atoms with Gasteiger partial charge in [0.2, 0.25) is 0 Å². The lowest BCUT2D eigenvalue weighted by Crippen LogP contribution is -2.21. The molecule has 0 fully saturated rings. The highest BCUT2D eigenvalue weighted by molar-refractivity contribution is 9.10. The number of carbonyl (C=O) groups is 3. The summed E-state index contributed by atoms with van der Waals surface area (Å²) in [7, 11) is 0. The van der Waals surface area contributed by atoms with Gasteiger partial charge in [-0.15, -0.1) is 0 Å². The van der Waals surface area contributed by atoms with Crippen molar-refractivity contribution in [1.29, 1.82) is 0 Å². The monoisotopic (exact) mass is 387 g/mol. The van der Waals surface area contributed by atoms with Gasteiger partial charge in [-0.2, -0.15) is 0 Å². The van der Waals surface area contributed by atoms with Crippen LogP contribution in [0.2, 0.25) is 0 Å². The van der Waals surface area contributed by atoms with Crippen LogP contribution < -0.4 is 5.73 Å². The number of carbonyl (C=O) groups excluding carboxylic acids is 1. The average molecular weight is 388 g/mol. The third-order valence-electron chi connectivity index (χ3n) is 3.46. The number of carboxylic acids is 2. The van der Waals surface area contributed by atoms with Crippen molar-refractivity contribution in [3.05, 3.63) is 27.2 Å². The van der Waals surface area contributed by atoms with Gasteiger partial charge in [-0.3, -0.25) is 14.4 Å². The number of nitrogens with two attached hydrogens (primary N) is 1. The second-order valence-corrected chi connectivity index (χ2v) is 6.01. The second kappa shape index (κ2) is 7.96. The minimum atomic E-state index is -1.20. The van der Waals surface area contributed by atoms with E-state index in [1.54, 1.807) is 13.0 Å². The summed E-state index contributed by atoms with van der Waals surface area (Å²) in [5, 5.41) is 18.0. The smallest absolute Gasteiger partial charge is 0.307 e. The number of benzene rings is 1. The van der Waals surface area contributed by atoms with Gasteiger partial charge in [-0.1, -0.05) is 0 Å². The number of carboxylic acid groups (broad SMARTS) is 2. The molecule has 0 heterocycles. The number of nitrogen functional groups attached to an aromatic ring is 1. The second-order valence-electron chi connectivity index (χ2n) is 5.15. The number of rotatable bonds is 7. The SMILES string of the molecule is CC(=O)OCc1c(C[C@@H](CC(=O)O)C(=O)O)cc(Br)c(N)c1C. The molecular weight excluding hydrogens is 370 g/mol. The van der Waals surface area contributed by atoms with Crippen LogP contribution in [0.4, 0.5) is 5.69 Å². The molecule has 4 N–H and O–H groups in total. The van der Waals surface area contributed by atoms with Crippen molar-refractivity contribution >= 4 is 39.5 Å². The van der Waals surface area contributed by atoms with Crippen LogP contribution in [-0.4, -0.2) is 28.1 Å². The largest absolute Gasteiger partial charge is 0.481 e. The summed E-state index contributed by atoms with van der Waals surface area (Å²) in [5.74, 6) is -3.95. The van der Waals surface area contributed by atoms with Crippen LogP contribution in [0.1, 0.15) is 30.0 Å². The van der Waals surface area contributed by atoms with Gasteiger partial charge in [0.15, 0.2) is 0 Å². The highest BCUT2D eigenvalue weighted by Crippen LogP contribution is 2.31. The first kappa shape index (κ1) is 19.0. The molecule has 0 spiro atoms. The van der Waals surface area contributed by atoms with E-state index in [2.05, 4.69) is 15.9 Å². The number of halogens is 1. The van der Waals surface area contributed by atoms with Gasteiger partial charge in [-0.25, -0.2) is 0 Å². The maximum absolute atomic E-state index is 11.3. The standard InChI is InChI=1S/C15H18BrNO6/c1-7-11(6-23-8(2)18)9(4-12(16)14(7)17)3-10(15(21)22)5-13(19)20/h4,10H,3,5-6,17H2,1-2H3,(H,19,20)(H,21,22)/t10-/m0/s1. The van der Waals surface area contributed by atoms with Crippen molar-refractivity contribution in [2.24, 2.45) is 5.92 Å². The fraction of sp³-hybridized carbons (Fsp3) is 0.400. The molecule has 0 aromatic heterocycles. The Morgan fingerprint density at radius 1 is 1.35 bits per heavy atom. The van der Waals surface area contributed by atoms with Crippen molar-refractivity contribution in [1.82, 2.24) is 0 Å². The number of ether oxygens (including phenoxy) is 1. The quantitative estimate of drug-likeness (QED) is 0.482. The van der Waals surface area contributed by atoms with Gasteiger partial charge in [0.25, 0.3) is 0 Å². The summed E-state index contributed by atoms with van der Waals surface area (Å²) < 4.78 is 5.57. The lowest BCUT2D eigenvalue weighted by Gasteiger charge is -2.18. The molecule has 0 aliphatic heterocycles. The van der Waals surface area contributed by atoms with E-state index in [1.165, 1.54) is 6.92 Å². The zero-order chi connectivity index (χ0) is 17.7. The molecule has 1 aromatic carbocycles. The van der Waals surface area contributed by atoms with Crippen LogP contribution in [0.25, 0.3) is 0 Å². The molecule has 0 aliphatic rings. The molecule has 0 bridgehead atoms. The minimum absolute atomic E-state index is 0.00203. The van der Waals surface area contributed by atoms with E-state index in [-0.39, 0.29) is 13.0 Å². The first-order chi connectivity index (χ1) is 10.6. The maximum atomic E-state index is 11.3. The Balaban J connectivity index is 3.23. The predicted molar refractivity (Wildman–Crippen MR) is 85.8 cm³/mol. The summed E-state index contributed by atoms with van der Waals surface area (Å²) in [5.41, 5.74) is 8.23. The van der Waals surface area contributed by atoms with Crippen molar-refractivity contribution in [2.45, 2.75) is 33.3 Å². The van der Waals surface area contributed by atoms with Crippen LogP contribution in [-0.2, 0) is 32.1 Å². The molecule has 1 aromatic rings. The molecule has 7 nitrogen and oxygen atoms in total. The number of aliphatic carboxylic acids is 2. The van der Waals surface area contributed by atoms with E-state index in [4.69, 9.17) is 15.6 Å². The Morgan fingerprint density at radius 3 is 2.43 bits per heavy atom. The average Bonchev–Trinajstić information content (AvgIpc) is 2.42. The number of anilines is 1. The van der Waals surface area contributed by atoms with Crippen molar-refractivity contribution in [2.75, 3.05) is 5.73 Å². The van der Waals surface area contributed by atoms with E-state index >= 15 is 0 Å². The van der Waals surface area contributed by atoms with Gasteiger partial charge in [-0.05, 0) is 52.0 Å². The van der Waals surface area contributed by atoms with Gasteiger partial charge in [0.1, 0.15) is 6.61 Å². The van der Waals surface area contributed by atoms with E-state index in [9.17, 15) is 19.5 Å². The molecule has 0 aliphatic carbocycles. The van der Waals surface area contributed by atoms with Gasteiger partial charge in [0.05, 0.1) is 12.3 Å². The van der Waals surface area contributed by atoms with E-state index in [0.29, 0.717) is 26.9 Å². The first-order valence-corrected chi connectivity index (χ1v) is 7.57. The number of hydrogen-bond donors (Lipinski definition) is 3. The Labute approximate surface area is 141 Å². The van der Waals surface area contributed by atoms with Crippen LogP contribution >= 0.6 is 15.9 Å². The predicted octanol–water partition coefficient (Wildman–Crippen LogP) is 2.12. The summed E-state index contributed by atoms with van der Waals surface area (Å²) in [4.78, 5) is 33.1. The van der Waals surface area contributed by atoms with Gasteiger partial charge in [0, 0.05) is 17.1 Å². The fourth-order valence-corrected chi connectivity index (χ4v) is 2.75. The topological polar surface area (TPSA) is 127 Å². The Bertz CT molecular complexity index is 643. The summed E-state index contributed by atoms with van der Waals surface area (Å²) in [6.45, 7) is 2.95. The lowest BCUT2D eigenvalue weighted by atomic mass is 9.91. The van der Waals surface area contributed by atoms with Crippen LogP contribution in [0.3, 0.4) is 0 Å². The Morgan fingerprint density at radius 2 is 1.96 bits per heavy atom. The molecule has 0 saturated carbocycles. The lowest BCUT2D eigenvalue weighted by molar-refractivity contribution is -0.148. The normalized spacial score (nSPS) is 11.8. The zero-order valence-electron chi connectivity index (χ0n) is 12.8. The first-order valence-electron chi connectivity index (χ1n) is 6.77. The van der Waals surface area contributed by atoms with E-state index in [0.717, 1.165) is 0 Å². The molecule has 1 rings (SSSR count). The van der Waals surface area contributed by atoms with Crippen LogP contribution in [0.15, 0.2) is 10.5 Å². The highest BCUT2D eigenvalue weighted by Gasteiger charge is 2.24. The summed E-state index contributed by atoms with van der Waals surface area (Å²) >= 11 is 3.29. The number of hydrogen-bond acceptors (Lipinski definition) is 5. The molecule has 0 saturated heterocycles. The van der Waals surface area contributed by atoms with Gasteiger partial charge < -0.3 is 20.7 Å². The molecular formula is C15H18BrNO6. The molecule has 8 heteroatoms. The van der Waals surface area contributed by atoms with Crippen molar-refractivity contribution in [3.63, 3.8) is 0 Å². The van der Waals surface area contributed by atoms with Gasteiger partial charge >= 0.3 is 17.9 Å². The number of esters is 1. The van der Waals surface area contributed by atoms with Crippen LogP contribution in [0.5, 0.6) is 0 Å². The molecule has 0 unspecified atom stereocenters. The van der Waals surface area contributed by atoms with E-state index in [1.807, 2.05) is 0 Å². The van der Waals surface area contributed by atoms with Crippen molar-refractivity contribution < 1.29 is 29.3 Å². The molecule has 0 amide bonds. The highest BCUT2D eigenvalue weighted by atomic mass is 79.9. The fourth-order valence-electron chi connectivity index (χ4n) is 2.18. The Hall–Kier alpha value is -2.09. The molecule has 0 radical (unpaired) electrons. The van der Waals surface area contributed by atoms with E-state index < -0.39 is 30.2 Å². The molecule has 23 heavy (non-hydrogen) atoms. The summed E-state index contributed by atoms with van der Waals surface area (Å²) in [6, 6.07) is 1.64. The maximum Gasteiger partial charge on any atom is 0.307 e. The third kappa shape index (κ3) is 5.24. The minimum Gasteiger partial charge on any atom is -0.481 e. The zero-order valence-corrected chi connectivity index (χ0v) is 14.3. The molecule has 126 valence electrons. The third-order valence-corrected chi connectivity index (χ3v) is 4.11. The Kier molecular flexibility index (Phi) is 6.56.